The van der Waals surface area contributed by atoms with Crippen molar-refractivity contribution >= 4 is 5.91 Å². The Morgan fingerprint density at radius 1 is 1.37 bits per heavy atom. The fraction of sp³-hybridized carbons (Fsp3) is 0.438. The number of carbonyl (C=O) groups is 1. The van der Waals surface area contributed by atoms with Gasteiger partial charge in [0, 0.05) is 18.7 Å². The summed E-state index contributed by atoms with van der Waals surface area (Å²) in [6.45, 7) is 0.307. The van der Waals surface area contributed by atoms with Gasteiger partial charge in [-0.05, 0) is 25.0 Å². The van der Waals surface area contributed by atoms with Crippen LogP contribution in [-0.4, -0.2) is 30.4 Å². The molecule has 0 unspecified atom stereocenters. The van der Waals surface area contributed by atoms with Gasteiger partial charge in [-0.1, -0.05) is 36.8 Å². The van der Waals surface area contributed by atoms with Crippen molar-refractivity contribution in [3.8, 4) is 11.8 Å². The van der Waals surface area contributed by atoms with Crippen molar-refractivity contribution in [2.24, 2.45) is 5.73 Å². The van der Waals surface area contributed by atoms with Crippen molar-refractivity contribution < 1.29 is 4.79 Å². The molecule has 0 atom stereocenters. The van der Waals surface area contributed by atoms with Crippen LogP contribution in [0.4, 0.5) is 0 Å². The zero-order valence-corrected chi connectivity index (χ0v) is 11.4. The highest BCUT2D eigenvalue weighted by Crippen LogP contribution is 2.24. The largest absolute Gasteiger partial charge is 0.339 e. The molecule has 1 aromatic rings. The van der Waals surface area contributed by atoms with E-state index in [1.807, 2.05) is 36.2 Å². The minimum absolute atomic E-state index is 0.0637. The molecule has 1 aromatic carbocycles. The lowest BCUT2D eigenvalue weighted by atomic mass is 10.1. The summed E-state index contributed by atoms with van der Waals surface area (Å²) in [6.07, 6.45) is 4.66. The summed E-state index contributed by atoms with van der Waals surface area (Å²) in [4.78, 5) is 14.4. The monoisotopic (exact) mass is 256 g/mol. The third kappa shape index (κ3) is 3.15. The van der Waals surface area contributed by atoms with Crippen LogP contribution in [0, 0.1) is 11.8 Å². The molecule has 0 saturated heterocycles. The molecule has 0 bridgehead atoms. The second kappa shape index (κ2) is 6.40. The van der Waals surface area contributed by atoms with Crippen molar-refractivity contribution in [1.29, 1.82) is 0 Å². The molecule has 19 heavy (non-hydrogen) atoms. The van der Waals surface area contributed by atoms with Gasteiger partial charge < -0.3 is 10.6 Å². The minimum atomic E-state index is 0.0637. The number of nitrogens with zero attached hydrogens (tertiary/aromatic N) is 1. The van der Waals surface area contributed by atoms with E-state index in [-0.39, 0.29) is 5.91 Å². The van der Waals surface area contributed by atoms with Gasteiger partial charge in [-0.15, -0.1) is 0 Å². The Balaban J connectivity index is 2.22. The van der Waals surface area contributed by atoms with Gasteiger partial charge in [0.25, 0.3) is 5.91 Å². The van der Waals surface area contributed by atoms with Crippen LogP contribution in [0.25, 0.3) is 0 Å². The maximum Gasteiger partial charge on any atom is 0.255 e. The molecule has 2 N–H and O–H groups in total. The van der Waals surface area contributed by atoms with Crippen molar-refractivity contribution in [2.45, 2.75) is 31.7 Å². The summed E-state index contributed by atoms with van der Waals surface area (Å²) in [5.41, 5.74) is 6.84. The van der Waals surface area contributed by atoms with Crippen LogP contribution in [0.3, 0.4) is 0 Å². The zero-order valence-electron chi connectivity index (χ0n) is 11.4. The molecule has 1 saturated carbocycles. The van der Waals surface area contributed by atoms with Crippen LogP contribution in [0.15, 0.2) is 24.3 Å². The third-order valence-corrected chi connectivity index (χ3v) is 3.68. The second-order valence-corrected chi connectivity index (χ2v) is 4.91. The quantitative estimate of drug-likeness (QED) is 0.823. The first-order valence-corrected chi connectivity index (χ1v) is 6.79. The maximum absolute atomic E-state index is 12.5. The highest BCUT2D eigenvalue weighted by molar-refractivity contribution is 5.96. The molecule has 2 rings (SSSR count). The van der Waals surface area contributed by atoms with Gasteiger partial charge >= 0.3 is 0 Å². The van der Waals surface area contributed by atoms with Crippen molar-refractivity contribution in [2.75, 3.05) is 13.6 Å². The van der Waals surface area contributed by atoms with E-state index in [4.69, 9.17) is 5.73 Å². The van der Waals surface area contributed by atoms with Crippen LogP contribution < -0.4 is 5.73 Å². The molecule has 0 heterocycles. The van der Waals surface area contributed by atoms with Crippen molar-refractivity contribution in [3.05, 3.63) is 35.4 Å². The van der Waals surface area contributed by atoms with E-state index in [1.54, 1.807) is 0 Å². The van der Waals surface area contributed by atoms with E-state index in [2.05, 4.69) is 11.8 Å². The van der Waals surface area contributed by atoms with Crippen molar-refractivity contribution in [1.82, 2.24) is 4.90 Å². The summed E-state index contributed by atoms with van der Waals surface area (Å²) >= 11 is 0. The van der Waals surface area contributed by atoms with E-state index in [0.717, 1.165) is 18.4 Å². The zero-order chi connectivity index (χ0) is 13.7. The van der Waals surface area contributed by atoms with Gasteiger partial charge in [-0.2, -0.15) is 0 Å². The van der Waals surface area contributed by atoms with Gasteiger partial charge in [0.15, 0.2) is 0 Å². The van der Waals surface area contributed by atoms with Crippen LogP contribution in [0.2, 0.25) is 0 Å². The fourth-order valence-electron chi connectivity index (χ4n) is 2.57. The van der Waals surface area contributed by atoms with Gasteiger partial charge in [0.1, 0.15) is 0 Å². The molecule has 0 spiro atoms. The second-order valence-electron chi connectivity index (χ2n) is 4.91. The Kier molecular flexibility index (Phi) is 4.59. The summed E-state index contributed by atoms with van der Waals surface area (Å²) in [6, 6.07) is 7.87. The summed E-state index contributed by atoms with van der Waals surface area (Å²) in [5.74, 6) is 5.86. The predicted molar refractivity (Wildman–Crippen MR) is 76.7 cm³/mol. The van der Waals surface area contributed by atoms with E-state index in [9.17, 15) is 4.79 Å². The Morgan fingerprint density at radius 3 is 2.74 bits per heavy atom. The molecule has 0 aromatic heterocycles. The molecule has 0 aliphatic heterocycles. The van der Waals surface area contributed by atoms with Crippen LogP contribution >= 0.6 is 0 Å². The Hall–Kier alpha value is -1.79. The van der Waals surface area contributed by atoms with Gasteiger partial charge in [0.2, 0.25) is 0 Å². The molecule has 1 aliphatic carbocycles. The van der Waals surface area contributed by atoms with Crippen molar-refractivity contribution in [3.63, 3.8) is 0 Å². The Bertz CT molecular complexity index is 507. The summed E-state index contributed by atoms with van der Waals surface area (Å²) in [7, 11) is 1.89. The molecule has 3 heteroatoms. The van der Waals surface area contributed by atoms with Crippen LogP contribution in [0.1, 0.15) is 41.6 Å². The smallest absolute Gasteiger partial charge is 0.255 e. The van der Waals surface area contributed by atoms with E-state index in [1.165, 1.54) is 12.8 Å². The SMILES string of the molecule is CN(C(=O)c1ccccc1C#CCN)C1CCCC1. The lowest BCUT2D eigenvalue weighted by molar-refractivity contribution is 0.0735. The number of benzene rings is 1. The molecule has 100 valence electrons. The first-order chi connectivity index (χ1) is 9.24. The first-order valence-electron chi connectivity index (χ1n) is 6.79. The molecule has 1 fully saturated rings. The first kappa shape index (κ1) is 13.6. The minimum Gasteiger partial charge on any atom is -0.339 e. The average Bonchev–Trinajstić information content (AvgIpc) is 2.98. The highest BCUT2D eigenvalue weighted by atomic mass is 16.2. The van der Waals surface area contributed by atoms with Gasteiger partial charge in [-0.3, -0.25) is 4.79 Å². The normalized spacial score (nSPS) is 14.8. The number of amides is 1. The van der Waals surface area contributed by atoms with E-state index >= 15 is 0 Å². The van der Waals surface area contributed by atoms with Gasteiger partial charge in [-0.25, -0.2) is 0 Å². The van der Waals surface area contributed by atoms with E-state index in [0.29, 0.717) is 18.2 Å². The predicted octanol–water partition coefficient (Wildman–Crippen LogP) is 2.01. The topological polar surface area (TPSA) is 46.3 Å². The molecule has 1 amide bonds. The average molecular weight is 256 g/mol. The standard InChI is InChI=1S/C16H20N2O/c1-18(14-9-3-4-10-14)16(19)15-11-5-2-7-13(15)8-6-12-17/h2,5,7,11,14H,3-4,9-10,12,17H2,1H3. The number of hydrogen-bond acceptors (Lipinski definition) is 2. The van der Waals surface area contributed by atoms with Crippen LogP contribution in [0.5, 0.6) is 0 Å². The number of hydrogen-bond donors (Lipinski definition) is 1. The third-order valence-electron chi connectivity index (χ3n) is 3.68. The molecule has 1 aliphatic rings. The Morgan fingerprint density at radius 2 is 2.05 bits per heavy atom. The summed E-state index contributed by atoms with van der Waals surface area (Å²) < 4.78 is 0. The lowest BCUT2D eigenvalue weighted by Gasteiger charge is -2.24. The van der Waals surface area contributed by atoms with Crippen LogP contribution in [-0.2, 0) is 0 Å². The molecular formula is C16H20N2O. The van der Waals surface area contributed by atoms with E-state index < -0.39 is 0 Å². The fourth-order valence-corrected chi connectivity index (χ4v) is 2.57. The molecule has 0 radical (unpaired) electrons. The summed E-state index contributed by atoms with van der Waals surface area (Å²) in [5, 5.41) is 0. The lowest BCUT2D eigenvalue weighted by Crippen LogP contribution is -2.35. The molecular weight excluding hydrogens is 236 g/mol. The number of nitrogens with two attached hydrogens (primary N) is 1. The maximum atomic E-state index is 12.5. The highest BCUT2D eigenvalue weighted by Gasteiger charge is 2.25. The molecule has 3 nitrogen and oxygen atoms in total. The number of rotatable bonds is 2. The number of carbonyl (C=O) groups excluding carboxylic acids is 1. The Labute approximate surface area is 114 Å². The van der Waals surface area contributed by atoms with Gasteiger partial charge in [0.05, 0.1) is 12.1 Å².